The number of carbonyl (C=O) groups is 1. The highest BCUT2D eigenvalue weighted by molar-refractivity contribution is 6.41. The molecule has 0 bridgehead atoms. The number of aliphatic imine (C=N–C) groups is 1. The fourth-order valence-electron chi connectivity index (χ4n) is 2.50. The molecule has 162 valence electrons. The Morgan fingerprint density at radius 2 is 1.65 bits per heavy atom. The molecule has 8 nitrogen and oxygen atoms in total. The maximum absolute atomic E-state index is 9.98. The van der Waals surface area contributed by atoms with Crippen molar-refractivity contribution >= 4 is 41.1 Å². The van der Waals surface area contributed by atoms with Gasteiger partial charge in [-0.3, -0.25) is 14.8 Å². The number of pyridine rings is 2. The van der Waals surface area contributed by atoms with E-state index in [2.05, 4.69) is 15.0 Å². The molecule has 2 heterocycles. The average molecular weight is 462 g/mol. The van der Waals surface area contributed by atoms with E-state index in [-0.39, 0.29) is 5.82 Å². The molecule has 0 aliphatic carbocycles. The van der Waals surface area contributed by atoms with E-state index >= 15 is 0 Å². The van der Waals surface area contributed by atoms with Crippen molar-refractivity contribution in [3.05, 3.63) is 63.9 Å². The van der Waals surface area contributed by atoms with E-state index in [1.807, 2.05) is 0 Å². The van der Waals surface area contributed by atoms with E-state index in [0.717, 1.165) is 6.29 Å². The van der Waals surface area contributed by atoms with Crippen molar-refractivity contribution in [2.24, 2.45) is 10.7 Å². The first-order chi connectivity index (χ1) is 14.9. The molecule has 0 aliphatic rings. The van der Waals surface area contributed by atoms with E-state index in [4.69, 9.17) is 44.1 Å². The quantitative estimate of drug-likeness (QED) is 0.335. The Hall–Kier alpha value is -3.36. The van der Waals surface area contributed by atoms with Crippen molar-refractivity contribution in [1.82, 2.24) is 9.97 Å². The van der Waals surface area contributed by atoms with Crippen LogP contribution in [0.5, 0.6) is 11.5 Å². The molecule has 3 rings (SSSR count). The Morgan fingerprint density at radius 3 is 2.06 bits per heavy atom. The van der Waals surface area contributed by atoms with E-state index in [1.165, 1.54) is 14.2 Å². The molecule has 0 saturated carbocycles. The van der Waals surface area contributed by atoms with Crippen molar-refractivity contribution < 1.29 is 14.3 Å². The first-order valence-corrected chi connectivity index (χ1v) is 9.58. The number of amidine groups is 1. The van der Waals surface area contributed by atoms with Gasteiger partial charge in [0.15, 0.2) is 0 Å². The van der Waals surface area contributed by atoms with Crippen LogP contribution >= 0.6 is 23.2 Å². The second-order valence-corrected chi connectivity index (χ2v) is 6.68. The molecule has 4 N–H and O–H groups in total. The number of carbonyl (C=O) groups excluding carboxylic acids is 1. The minimum Gasteiger partial charge on any atom is -0.495 e. The van der Waals surface area contributed by atoms with Crippen LogP contribution in [0.2, 0.25) is 10.0 Å². The molecule has 0 spiro atoms. The van der Waals surface area contributed by atoms with Gasteiger partial charge in [0.1, 0.15) is 29.4 Å². The van der Waals surface area contributed by atoms with Crippen LogP contribution in [0.25, 0.3) is 11.3 Å². The highest BCUT2D eigenvalue weighted by Crippen LogP contribution is 2.45. The molecule has 31 heavy (non-hydrogen) atoms. The lowest BCUT2D eigenvalue weighted by Gasteiger charge is -2.15. The zero-order chi connectivity index (χ0) is 23.0. The summed E-state index contributed by atoms with van der Waals surface area (Å²) in [4.78, 5) is 21.9. The van der Waals surface area contributed by atoms with Gasteiger partial charge >= 0.3 is 0 Å². The van der Waals surface area contributed by atoms with E-state index in [9.17, 15) is 4.79 Å². The maximum Gasteiger partial charge on any atom is 0.150 e. The molecule has 3 aromatic rings. The van der Waals surface area contributed by atoms with Gasteiger partial charge in [-0.05, 0) is 24.3 Å². The number of hydrogen-bond acceptors (Lipinski definition) is 7. The predicted octanol–water partition coefficient (Wildman–Crippen LogP) is 3.88. The Morgan fingerprint density at radius 1 is 1.06 bits per heavy atom. The zero-order valence-electron chi connectivity index (χ0n) is 17.1. The van der Waals surface area contributed by atoms with Gasteiger partial charge in [-0.2, -0.15) is 0 Å². The van der Waals surface area contributed by atoms with Gasteiger partial charge in [0.25, 0.3) is 0 Å². The number of ether oxygens (including phenoxy) is 2. The van der Waals surface area contributed by atoms with Crippen LogP contribution < -0.4 is 20.9 Å². The third kappa shape index (κ3) is 5.62. The molecule has 2 aromatic heterocycles. The van der Waals surface area contributed by atoms with Crippen molar-refractivity contribution in [1.29, 1.82) is 0 Å². The third-order valence-electron chi connectivity index (χ3n) is 4.11. The summed E-state index contributed by atoms with van der Waals surface area (Å²) in [6.07, 6.45) is 3.97. The van der Waals surface area contributed by atoms with Gasteiger partial charge in [-0.15, -0.1) is 0 Å². The smallest absolute Gasteiger partial charge is 0.150 e. The predicted molar refractivity (Wildman–Crippen MR) is 123 cm³/mol. The largest absolute Gasteiger partial charge is 0.495 e. The second kappa shape index (κ2) is 11.1. The summed E-state index contributed by atoms with van der Waals surface area (Å²) in [5.41, 5.74) is 13.9. The van der Waals surface area contributed by atoms with Crippen LogP contribution in [0.3, 0.4) is 0 Å². The maximum atomic E-state index is 9.98. The number of methoxy groups -OCH3 is 2. The number of aldehydes is 1. The van der Waals surface area contributed by atoms with E-state index in [1.54, 1.807) is 49.8 Å². The SMILES string of the molecule is CN=C(N)c1ccc(-c2c(Cl)c(OC)cc(OC)c2Cl)nc1N.O=Cc1ccncc1. The van der Waals surface area contributed by atoms with Crippen molar-refractivity contribution in [3.63, 3.8) is 0 Å². The number of nitrogens with zero attached hydrogens (tertiary/aromatic N) is 3. The number of nitrogens with two attached hydrogens (primary N) is 2. The molecule has 10 heteroatoms. The first kappa shape index (κ1) is 23.9. The monoisotopic (exact) mass is 461 g/mol. The summed E-state index contributed by atoms with van der Waals surface area (Å²) in [6.45, 7) is 0. The average Bonchev–Trinajstić information content (AvgIpc) is 2.80. The minimum absolute atomic E-state index is 0.222. The Labute approximate surface area is 189 Å². The summed E-state index contributed by atoms with van der Waals surface area (Å²) >= 11 is 12.7. The van der Waals surface area contributed by atoms with Crippen LogP contribution in [0.4, 0.5) is 5.82 Å². The van der Waals surface area contributed by atoms with Crippen LogP contribution in [-0.4, -0.2) is 43.4 Å². The Bertz CT molecular complexity index is 1060. The standard InChI is InChI=1S/C15H16Cl2N4O2.C6H5NO/c1-20-14(18)7-4-5-8(21-15(7)19)11-12(16)9(22-2)6-10(23-3)13(11)17;8-5-6-1-3-7-4-2-6/h4-6H,1-3H3,(H2,18,20)(H2,19,21);1-5H. The zero-order valence-corrected chi connectivity index (χ0v) is 18.6. The summed E-state index contributed by atoms with van der Waals surface area (Å²) in [5, 5.41) is 0.630. The van der Waals surface area contributed by atoms with Crippen LogP contribution in [0.1, 0.15) is 15.9 Å². The first-order valence-electron chi connectivity index (χ1n) is 8.82. The number of halogens is 2. The summed E-state index contributed by atoms with van der Waals surface area (Å²) in [6, 6.07) is 8.34. The molecule has 0 amide bonds. The molecular formula is C21H21Cl2N5O3. The lowest BCUT2D eigenvalue weighted by atomic mass is 10.1. The normalized spacial score (nSPS) is 10.7. The van der Waals surface area contributed by atoms with Gasteiger partial charge in [0, 0.05) is 36.6 Å². The van der Waals surface area contributed by atoms with Crippen LogP contribution in [-0.2, 0) is 0 Å². The molecular weight excluding hydrogens is 441 g/mol. The lowest BCUT2D eigenvalue weighted by Crippen LogP contribution is -2.16. The van der Waals surface area contributed by atoms with Crippen molar-refractivity contribution in [3.8, 4) is 22.8 Å². The van der Waals surface area contributed by atoms with Crippen molar-refractivity contribution in [2.45, 2.75) is 0 Å². The van der Waals surface area contributed by atoms with Gasteiger partial charge in [-0.25, -0.2) is 4.98 Å². The highest BCUT2D eigenvalue weighted by Gasteiger charge is 2.20. The molecule has 0 saturated heterocycles. The molecule has 0 atom stereocenters. The minimum atomic E-state index is 0.222. The molecule has 1 aromatic carbocycles. The number of rotatable bonds is 5. The molecule has 0 fully saturated rings. The highest BCUT2D eigenvalue weighted by atomic mass is 35.5. The fourth-order valence-corrected chi connectivity index (χ4v) is 3.20. The molecule has 0 unspecified atom stereocenters. The second-order valence-electron chi connectivity index (χ2n) is 5.92. The lowest BCUT2D eigenvalue weighted by molar-refractivity contribution is 0.112. The van der Waals surface area contributed by atoms with Crippen molar-refractivity contribution in [2.75, 3.05) is 27.0 Å². The fraction of sp³-hybridized carbons (Fsp3) is 0.143. The van der Waals surface area contributed by atoms with Gasteiger partial charge in [-0.1, -0.05) is 23.2 Å². The summed E-state index contributed by atoms with van der Waals surface area (Å²) in [5.74, 6) is 1.35. The van der Waals surface area contributed by atoms with Gasteiger partial charge in [0.05, 0.1) is 35.5 Å². The summed E-state index contributed by atoms with van der Waals surface area (Å²) < 4.78 is 10.5. The van der Waals surface area contributed by atoms with Crippen LogP contribution in [0, 0.1) is 0 Å². The Balaban J connectivity index is 0.000000357. The van der Waals surface area contributed by atoms with E-state index < -0.39 is 0 Å². The number of aromatic nitrogens is 2. The third-order valence-corrected chi connectivity index (χ3v) is 4.86. The number of anilines is 1. The van der Waals surface area contributed by atoms with Crippen LogP contribution in [0.15, 0.2) is 47.7 Å². The van der Waals surface area contributed by atoms with Gasteiger partial charge < -0.3 is 20.9 Å². The topological polar surface area (TPSA) is 126 Å². The number of benzene rings is 1. The molecule has 0 aliphatic heterocycles. The Kier molecular flexibility index (Phi) is 8.60. The van der Waals surface area contributed by atoms with E-state index in [0.29, 0.717) is 49.8 Å². The number of hydrogen-bond donors (Lipinski definition) is 2. The van der Waals surface area contributed by atoms with Gasteiger partial charge in [0.2, 0.25) is 0 Å². The number of nitrogen functional groups attached to an aromatic ring is 1. The summed E-state index contributed by atoms with van der Waals surface area (Å²) in [7, 11) is 4.58. The molecule has 0 radical (unpaired) electrons.